The minimum Gasteiger partial charge on any atom is -0.325 e. The van der Waals surface area contributed by atoms with Crippen molar-refractivity contribution in [2.75, 3.05) is 4.72 Å². The normalized spacial score (nSPS) is 11.6. The number of hydrogen-bond acceptors (Lipinski definition) is 4. The molecule has 108 valence electrons. The summed E-state index contributed by atoms with van der Waals surface area (Å²) >= 11 is 0. The summed E-state index contributed by atoms with van der Waals surface area (Å²) in [5, 5.41) is 6.57. The Morgan fingerprint density at radius 2 is 2.00 bits per heavy atom. The Kier molecular flexibility index (Phi) is 3.82. The highest BCUT2D eigenvalue weighted by Crippen LogP contribution is 2.24. The predicted octanol–water partition coefficient (Wildman–Crippen LogP) is 1.59. The van der Waals surface area contributed by atoms with E-state index in [1.54, 1.807) is 13.0 Å². The Morgan fingerprint density at radius 3 is 2.65 bits per heavy atom. The minimum absolute atomic E-state index is 0.0629. The second-order valence-corrected chi connectivity index (χ2v) is 6.30. The van der Waals surface area contributed by atoms with Crippen LogP contribution in [-0.2, 0) is 16.6 Å². The zero-order chi connectivity index (χ0) is 14.9. The average molecular weight is 294 g/mol. The second-order valence-electron chi connectivity index (χ2n) is 4.68. The number of anilines is 1. The van der Waals surface area contributed by atoms with Crippen molar-refractivity contribution >= 4 is 15.7 Å². The quantitative estimate of drug-likeness (QED) is 0.797. The van der Waals surface area contributed by atoms with Crippen molar-refractivity contribution in [3.05, 3.63) is 40.7 Å². The highest BCUT2D eigenvalue weighted by Gasteiger charge is 2.24. The van der Waals surface area contributed by atoms with E-state index in [1.807, 2.05) is 26.0 Å². The van der Waals surface area contributed by atoms with Crippen molar-refractivity contribution in [2.45, 2.75) is 32.2 Å². The zero-order valence-corrected chi connectivity index (χ0v) is 12.5. The number of nitrogens with one attached hydrogen (secondary N) is 2. The van der Waals surface area contributed by atoms with Crippen molar-refractivity contribution in [1.82, 2.24) is 10.2 Å². The average Bonchev–Trinajstić information content (AvgIpc) is 2.77. The summed E-state index contributed by atoms with van der Waals surface area (Å²) in [6.07, 6.45) is 0. The van der Waals surface area contributed by atoms with E-state index >= 15 is 0 Å². The van der Waals surface area contributed by atoms with Crippen LogP contribution in [0.5, 0.6) is 0 Å². The lowest BCUT2D eigenvalue weighted by molar-refractivity contribution is 0.599. The van der Waals surface area contributed by atoms with Crippen LogP contribution in [0.15, 0.2) is 23.1 Å². The van der Waals surface area contributed by atoms with E-state index in [0.29, 0.717) is 17.1 Å². The third-order valence-corrected chi connectivity index (χ3v) is 4.84. The molecule has 7 heteroatoms. The highest BCUT2D eigenvalue weighted by atomic mass is 32.2. The van der Waals surface area contributed by atoms with Crippen LogP contribution in [0.25, 0.3) is 0 Å². The molecule has 6 nitrogen and oxygen atoms in total. The monoisotopic (exact) mass is 294 g/mol. The third kappa shape index (κ3) is 2.54. The van der Waals surface area contributed by atoms with Crippen molar-refractivity contribution in [3.63, 3.8) is 0 Å². The van der Waals surface area contributed by atoms with E-state index in [9.17, 15) is 8.42 Å². The van der Waals surface area contributed by atoms with Gasteiger partial charge in [-0.05, 0) is 38.0 Å². The van der Waals surface area contributed by atoms with Crippen LogP contribution < -0.4 is 10.5 Å². The molecule has 1 aromatic heterocycles. The van der Waals surface area contributed by atoms with Gasteiger partial charge in [-0.25, -0.2) is 8.42 Å². The molecule has 1 heterocycles. The van der Waals surface area contributed by atoms with Crippen LogP contribution in [0.3, 0.4) is 0 Å². The molecule has 0 aliphatic heterocycles. The first-order chi connectivity index (χ1) is 9.36. The Morgan fingerprint density at radius 1 is 1.30 bits per heavy atom. The van der Waals surface area contributed by atoms with Crippen LogP contribution in [-0.4, -0.2) is 18.6 Å². The minimum atomic E-state index is -3.71. The van der Waals surface area contributed by atoms with Crippen LogP contribution in [0.1, 0.15) is 22.5 Å². The number of aromatic nitrogens is 2. The first-order valence-electron chi connectivity index (χ1n) is 6.19. The number of aromatic amines is 1. The maximum absolute atomic E-state index is 12.5. The molecular weight excluding hydrogens is 276 g/mol. The molecule has 0 amide bonds. The lowest BCUT2D eigenvalue weighted by Crippen LogP contribution is -2.17. The molecule has 0 saturated heterocycles. The molecule has 0 aliphatic carbocycles. The highest BCUT2D eigenvalue weighted by molar-refractivity contribution is 7.92. The van der Waals surface area contributed by atoms with Gasteiger partial charge in [-0.2, -0.15) is 5.10 Å². The topological polar surface area (TPSA) is 101 Å². The molecule has 0 spiro atoms. The molecule has 20 heavy (non-hydrogen) atoms. The summed E-state index contributed by atoms with van der Waals surface area (Å²) in [4.78, 5) is 0.126. The smallest absolute Gasteiger partial charge is 0.265 e. The van der Waals surface area contributed by atoms with Crippen molar-refractivity contribution in [1.29, 1.82) is 0 Å². The Bertz CT molecular complexity index is 735. The molecule has 0 atom stereocenters. The van der Waals surface area contributed by atoms with Crippen LogP contribution in [0.2, 0.25) is 0 Å². The van der Waals surface area contributed by atoms with E-state index in [1.165, 1.54) is 0 Å². The van der Waals surface area contributed by atoms with Gasteiger partial charge in [0, 0.05) is 6.54 Å². The van der Waals surface area contributed by atoms with Crippen molar-refractivity contribution in [3.8, 4) is 0 Å². The first kappa shape index (κ1) is 14.5. The summed E-state index contributed by atoms with van der Waals surface area (Å²) < 4.78 is 27.6. The predicted molar refractivity (Wildman–Crippen MR) is 77.9 cm³/mol. The number of sulfonamides is 1. The Balaban J connectivity index is 2.46. The number of nitrogens with two attached hydrogens (primary N) is 1. The van der Waals surface area contributed by atoms with Crippen LogP contribution in [0.4, 0.5) is 5.69 Å². The lowest BCUT2D eigenvalue weighted by atomic mass is 10.1. The van der Waals surface area contributed by atoms with Gasteiger partial charge in [0.25, 0.3) is 10.0 Å². The molecular formula is C13H18N4O2S. The second kappa shape index (κ2) is 5.26. The fourth-order valence-corrected chi connectivity index (χ4v) is 3.52. The maximum atomic E-state index is 12.5. The molecule has 4 N–H and O–H groups in total. The molecule has 2 rings (SSSR count). The number of benzene rings is 1. The van der Waals surface area contributed by atoms with Gasteiger partial charge in [-0.1, -0.05) is 12.1 Å². The van der Waals surface area contributed by atoms with Gasteiger partial charge >= 0.3 is 0 Å². The summed E-state index contributed by atoms with van der Waals surface area (Å²) in [7, 11) is -3.71. The van der Waals surface area contributed by atoms with Gasteiger partial charge in [0.05, 0.1) is 17.1 Å². The van der Waals surface area contributed by atoms with Gasteiger partial charge in [0.2, 0.25) is 0 Å². The van der Waals surface area contributed by atoms with Gasteiger partial charge in [-0.3, -0.25) is 9.82 Å². The number of aryl methyl sites for hydroxylation is 2. The van der Waals surface area contributed by atoms with Crippen molar-refractivity contribution < 1.29 is 8.42 Å². The summed E-state index contributed by atoms with van der Waals surface area (Å²) in [6, 6.07) is 5.48. The molecule has 0 radical (unpaired) electrons. The van der Waals surface area contributed by atoms with Gasteiger partial charge in [0.1, 0.15) is 4.90 Å². The molecule has 0 aliphatic rings. The fraction of sp³-hybridized carbons (Fsp3) is 0.308. The molecule has 1 aromatic carbocycles. The lowest BCUT2D eigenvalue weighted by Gasteiger charge is -2.12. The summed E-state index contributed by atoms with van der Waals surface area (Å²) in [5.41, 5.74) is 8.82. The zero-order valence-electron chi connectivity index (χ0n) is 11.7. The van der Waals surface area contributed by atoms with Gasteiger partial charge in [-0.15, -0.1) is 0 Å². The Labute approximate surface area is 118 Å². The van der Waals surface area contributed by atoms with Crippen molar-refractivity contribution in [2.24, 2.45) is 5.73 Å². The van der Waals surface area contributed by atoms with Crippen LogP contribution in [0, 0.1) is 20.8 Å². The largest absolute Gasteiger partial charge is 0.325 e. The maximum Gasteiger partial charge on any atom is 0.265 e. The summed E-state index contributed by atoms with van der Waals surface area (Å²) in [5.74, 6) is 0. The molecule has 0 bridgehead atoms. The SMILES string of the molecule is Cc1cccc(NS(=O)(=O)c2c(CN)n[nH]c2C)c1C. The van der Waals surface area contributed by atoms with E-state index in [2.05, 4.69) is 14.9 Å². The van der Waals surface area contributed by atoms with E-state index in [0.717, 1.165) is 11.1 Å². The molecule has 2 aromatic rings. The summed E-state index contributed by atoms with van der Waals surface area (Å²) in [6.45, 7) is 5.53. The van der Waals surface area contributed by atoms with E-state index in [-0.39, 0.29) is 11.4 Å². The molecule has 0 fully saturated rings. The van der Waals surface area contributed by atoms with Gasteiger partial charge in [0.15, 0.2) is 0 Å². The van der Waals surface area contributed by atoms with Gasteiger partial charge < -0.3 is 5.73 Å². The molecule has 0 unspecified atom stereocenters. The van der Waals surface area contributed by atoms with Crippen LogP contribution >= 0.6 is 0 Å². The number of H-pyrrole nitrogens is 1. The fourth-order valence-electron chi connectivity index (χ4n) is 2.02. The Hall–Kier alpha value is -1.86. The standard InChI is InChI=1S/C13H18N4O2S/c1-8-5-4-6-11(9(8)2)17-20(18,19)13-10(3)15-16-12(13)7-14/h4-6,17H,7,14H2,1-3H3,(H,15,16). The number of rotatable bonds is 4. The first-order valence-corrected chi connectivity index (χ1v) is 7.68. The van der Waals surface area contributed by atoms with E-state index < -0.39 is 10.0 Å². The third-order valence-electron chi connectivity index (χ3n) is 3.27. The van der Waals surface area contributed by atoms with E-state index in [4.69, 9.17) is 5.73 Å². The molecule has 0 saturated carbocycles. The number of hydrogen-bond donors (Lipinski definition) is 3. The number of nitrogens with zero attached hydrogens (tertiary/aromatic N) is 1.